The minimum atomic E-state index is -0.246. The van der Waals surface area contributed by atoms with E-state index in [2.05, 4.69) is 10.2 Å². The minimum absolute atomic E-state index is 0.0196. The molecule has 1 heterocycles. The van der Waals surface area contributed by atoms with E-state index >= 15 is 0 Å². The highest BCUT2D eigenvalue weighted by Gasteiger charge is 2.26. The van der Waals surface area contributed by atoms with Gasteiger partial charge in [-0.05, 0) is 56.7 Å². The van der Waals surface area contributed by atoms with E-state index in [4.69, 9.17) is 16.3 Å². The van der Waals surface area contributed by atoms with Gasteiger partial charge in [0.15, 0.2) is 0 Å². The summed E-state index contributed by atoms with van der Waals surface area (Å²) in [6, 6.07) is 9.88. The molecule has 2 aromatic rings. The van der Waals surface area contributed by atoms with E-state index in [1.807, 2.05) is 25.7 Å². The highest BCUT2D eigenvalue weighted by molar-refractivity contribution is 6.32. The Morgan fingerprint density at radius 2 is 1.94 bits per heavy atom. The molecule has 1 atom stereocenters. The first-order valence-corrected chi connectivity index (χ1v) is 11.7. The Morgan fingerprint density at radius 1 is 1.24 bits per heavy atom. The molecule has 2 amide bonds. The van der Waals surface area contributed by atoms with Crippen molar-refractivity contribution in [2.24, 2.45) is 0 Å². The molecule has 0 aromatic heterocycles. The summed E-state index contributed by atoms with van der Waals surface area (Å²) in [4.78, 5) is 28.7. The molecule has 1 fully saturated rings. The summed E-state index contributed by atoms with van der Waals surface area (Å²) in [5.41, 5.74) is 2.18. The number of halogens is 2. The highest BCUT2D eigenvalue weighted by atomic mass is 35.5. The number of hydrogen-bond donors (Lipinski definition) is 1. The molecule has 0 radical (unpaired) electrons. The van der Waals surface area contributed by atoms with Crippen molar-refractivity contribution in [1.82, 2.24) is 9.80 Å². The largest absolute Gasteiger partial charge is 0.489 e. The Hall–Kier alpha value is -2.90. The number of benzene rings is 2. The molecular weight excluding hydrogens is 457 g/mol. The molecule has 1 saturated heterocycles. The molecule has 34 heavy (non-hydrogen) atoms. The Morgan fingerprint density at radius 3 is 2.56 bits per heavy atom. The number of hydrogen-bond acceptors (Lipinski definition) is 4. The maximum Gasteiger partial charge on any atom is 0.246 e. The molecule has 0 bridgehead atoms. The lowest BCUT2D eigenvalue weighted by atomic mass is 10.1. The van der Waals surface area contributed by atoms with E-state index in [0.29, 0.717) is 35.1 Å². The summed E-state index contributed by atoms with van der Waals surface area (Å²) in [5.74, 6) is -0.102. The molecule has 2 aromatic carbocycles. The van der Waals surface area contributed by atoms with Crippen LogP contribution in [-0.4, -0.2) is 53.4 Å². The molecule has 1 unspecified atom stereocenters. The fraction of sp³-hybridized carbons (Fsp3) is 0.385. The first-order valence-electron chi connectivity index (χ1n) is 11.4. The smallest absolute Gasteiger partial charge is 0.246 e. The van der Waals surface area contributed by atoms with Gasteiger partial charge in [-0.2, -0.15) is 0 Å². The standard InChI is InChI=1S/C26H31ClFN3O3/c1-17(2)34-25-13-21(24(14-23(25)27)29-19(4)32)7-10-26(33)31-12-11-30(15-18(31)3)16-20-5-8-22(28)9-6-20/h5-10,13-14,17-18H,11-12,15-16H2,1-4H3,(H,29,32)/b10-7+. The van der Waals surface area contributed by atoms with Gasteiger partial charge in [-0.25, -0.2) is 4.39 Å². The van der Waals surface area contributed by atoms with E-state index in [0.717, 1.165) is 18.7 Å². The molecule has 1 aliphatic heterocycles. The van der Waals surface area contributed by atoms with Crippen LogP contribution in [0.25, 0.3) is 6.08 Å². The van der Waals surface area contributed by atoms with Gasteiger partial charge < -0.3 is 15.0 Å². The fourth-order valence-corrected chi connectivity index (χ4v) is 4.17. The maximum atomic E-state index is 13.1. The van der Waals surface area contributed by atoms with Crippen molar-refractivity contribution in [3.63, 3.8) is 0 Å². The number of carbonyl (C=O) groups excluding carboxylic acids is 2. The highest BCUT2D eigenvalue weighted by Crippen LogP contribution is 2.33. The lowest BCUT2D eigenvalue weighted by Crippen LogP contribution is -2.53. The minimum Gasteiger partial charge on any atom is -0.489 e. The fourth-order valence-electron chi connectivity index (χ4n) is 3.96. The van der Waals surface area contributed by atoms with Crippen molar-refractivity contribution in [3.05, 3.63) is 64.4 Å². The average Bonchev–Trinajstić information content (AvgIpc) is 2.75. The molecular formula is C26H31ClFN3O3. The van der Waals surface area contributed by atoms with Crippen molar-refractivity contribution in [3.8, 4) is 5.75 Å². The van der Waals surface area contributed by atoms with Crippen LogP contribution in [0.2, 0.25) is 5.02 Å². The van der Waals surface area contributed by atoms with E-state index in [9.17, 15) is 14.0 Å². The van der Waals surface area contributed by atoms with Gasteiger partial charge in [-0.15, -0.1) is 0 Å². The quantitative estimate of drug-likeness (QED) is 0.560. The van der Waals surface area contributed by atoms with E-state index in [1.54, 1.807) is 30.3 Å². The van der Waals surface area contributed by atoms with Crippen molar-refractivity contribution in [2.45, 2.75) is 46.4 Å². The SMILES string of the molecule is CC(=O)Nc1cc(Cl)c(OC(C)C)cc1/C=C/C(=O)N1CCN(Cc2ccc(F)cc2)CC1C. The zero-order chi connectivity index (χ0) is 24.8. The van der Waals surface area contributed by atoms with Gasteiger partial charge in [0.1, 0.15) is 11.6 Å². The molecule has 0 saturated carbocycles. The van der Waals surface area contributed by atoms with Gasteiger partial charge in [0.05, 0.1) is 11.1 Å². The Labute approximate surface area is 205 Å². The monoisotopic (exact) mass is 487 g/mol. The number of amides is 2. The summed E-state index contributed by atoms with van der Waals surface area (Å²) < 4.78 is 18.9. The van der Waals surface area contributed by atoms with Crippen LogP contribution in [0.4, 0.5) is 10.1 Å². The third-order valence-corrected chi connectivity index (χ3v) is 5.79. The number of rotatable bonds is 7. The number of ether oxygens (including phenoxy) is 1. The predicted octanol–water partition coefficient (Wildman–Crippen LogP) is 4.97. The van der Waals surface area contributed by atoms with Crippen LogP contribution in [0.15, 0.2) is 42.5 Å². The topological polar surface area (TPSA) is 61.9 Å². The number of anilines is 1. The summed E-state index contributed by atoms with van der Waals surface area (Å²) in [6.07, 6.45) is 3.11. The summed E-state index contributed by atoms with van der Waals surface area (Å²) in [6.45, 7) is 9.98. The van der Waals surface area contributed by atoms with Crippen LogP contribution in [0.3, 0.4) is 0 Å². The van der Waals surface area contributed by atoms with Crippen LogP contribution in [0.5, 0.6) is 5.75 Å². The van der Waals surface area contributed by atoms with Crippen LogP contribution in [0, 0.1) is 5.82 Å². The number of nitrogens with zero attached hydrogens (tertiary/aromatic N) is 2. The molecule has 0 spiro atoms. The first-order chi connectivity index (χ1) is 16.1. The second-order valence-corrected chi connectivity index (χ2v) is 9.20. The van der Waals surface area contributed by atoms with Gasteiger partial charge in [0.2, 0.25) is 11.8 Å². The third-order valence-electron chi connectivity index (χ3n) is 5.50. The van der Waals surface area contributed by atoms with Gasteiger partial charge in [-0.1, -0.05) is 23.7 Å². The summed E-state index contributed by atoms with van der Waals surface area (Å²) in [5, 5.41) is 3.14. The summed E-state index contributed by atoms with van der Waals surface area (Å²) in [7, 11) is 0. The van der Waals surface area contributed by atoms with E-state index < -0.39 is 0 Å². The maximum absolute atomic E-state index is 13.1. The Bertz CT molecular complexity index is 1060. The van der Waals surface area contributed by atoms with Crippen molar-refractivity contribution < 1.29 is 18.7 Å². The molecule has 8 heteroatoms. The van der Waals surface area contributed by atoms with Crippen molar-refractivity contribution in [1.29, 1.82) is 0 Å². The molecule has 3 rings (SSSR count). The zero-order valence-electron chi connectivity index (χ0n) is 20.0. The zero-order valence-corrected chi connectivity index (χ0v) is 20.7. The van der Waals surface area contributed by atoms with Crippen molar-refractivity contribution in [2.75, 3.05) is 25.0 Å². The molecule has 182 valence electrons. The first kappa shape index (κ1) is 25.7. The third kappa shape index (κ3) is 7.05. The van der Waals surface area contributed by atoms with Crippen LogP contribution >= 0.6 is 11.6 Å². The number of carbonyl (C=O) groups is 2. The van der Waals surface area contributed by atoms with Crippen LogP contribution in [0.1, 0.15) is 38.8 Å². The molecule has 0 aliphatic carbocycles. The average molecular weight is 488 g/mol. The van der Waals surface area contributed by atoms with E-state index in [-0.39, 0.29) is 29.8 Å². The number of piperazine rings is 1. The normalized spacial score (nSPS) is 16.8. The van der Waals surface area contributed by atoms with E-state index in [1.165, 1.54) is 25.1 Å². The Balaban J connectivity index is 1.69. The lowest BCUT2D eigenvalue weighted by molar-refractivity contribution is -0.130. The molecule has 6 nitrogen and oxygen atoms in total. The Kier molecular flexibility index (Phi) is 8.69. The van der Waals surface area contributed by atoms with Gasteiger partial charge in [-0.3, -0.25) is 14.5 Å². The second kappa shape index (κ2) is 11.5. The molecule has 1 N–H and O–H groups in total. The van der Waals surface area contributed by atoms with Crippen LogP contribution in [-0.2, 0) is 16.1 Å². The van der Waals surface area contributed by atoms with Crippen LogP contribution < -0.4 is 10.1 Å². The van der Waals surface area contributed by atoms with Gasteiger partial charge in [0.25, 0.3) is 0 Å². The molecule has 1 aliphatic rings. The lowest BCUT2D eigenvalue weighted by Gasteiger charge is -2.39. The summed E-state index contributed by atoms with van der Waals surface area (Å²) >= 11 is 6.31. The predicted molar refractivity (Wildman–Crippen MR) is 133 cm³/mol. The second-order valence-electron chi connectivity index (χ2n) is 8.79. The van der Waals surface area contributed by atoms with Crippen molar-refractivity contribution >= 4 is 35.2 Å². The number of nitrogens with one attached hydrogen (secondary N) is 1. The van der Waals surface area contributed by atoms with Gasteiger partial charge in [0, 0.05) is 56.5 Å². The van der Waals surface area contributed by atoms with Gasteiger partial charge >= 0.3 is 0 Å².